The minimum Gasteiger partial charge on any atom is -0.482 e. The normalized spacial score (nSPS) is 15.4. The van der Waals surface area contributed by atoms with Gasteiger partial charge in [-0.1, -0.05) is 18.2 Å². The first kappa shape index (κ1) is 18.4. The van der Waals surface area contributed by atoms with Crippen molar-refractivity contribution < 1.29 is 24.2 Å². The van der Waals surface area contributed by atoms with Gasteiger partial charge >= 0.3 is 5.97 Å². The van der Waals surface area contributed by atoms with Crippen LogP contribution in [-0.4, -0.2) is 29.5 Å². The number of aliphatic carboxylic acids is 1. The fraction of sp³-hybridized carbons (Fsp3) is 0.250. The Hall–Kier alpha value is -3.35. The fourth-order valence-corrected chi connectivity index (χ4v) is 2.95. The lowest BCUT2D eigenvalue weighted by Gasteiger charge is -2.24. The molecule has 0 saturated carbocycles. The van der Waals surface area contributed by atoms with Crippen molar-refractivity contribution in [2.75, 3.05) is 17.2 Å². The van der Waals surface area contributed by atoms with Crippen molar-refractivity contribution in [2.24, 2.45) is 5.92 Å². The molecule has 2 aromatic carbocycles. The number of para-hydroxylation sites is 1. The summed E-state index contributed by atoms with van der Waals surface area (Å²) in [6.45, 7) is -0.418. The van der Waals surface area contributed by atoms with Gasteiger partial charge in [0.1, 0.15) is 5.75 Å². The third kappa shape index (κ3) is 5.07. The third-order valence-electron chi connectivity index (χ3n) is 4.33. The van der Waals surface area contributed by atoms with E-state index >= 15 is 0 Å². The monoisotopic (exact) mass is 368 g/mol. The molecule has 2 aromatic rings. The maximum atomic E-state index is 12.2. The van der Waals surface area contributed by atoms with E-state index < -0.39 is 12.6 Å². The Labute approximate surface area is 156 Å². The highest BCUT2D eigenvalue weighted by Gasteiger charge is 2.26. The van der Waals surface area contributed by atoms with E-state index in [1.54, 1.807) is 24.3 Å². The summed E-state index contributed by atoms with van der Waals surface area (Å²) in [5.74, 6) is -1.10. The summed E-state index contributed by atoms with van der Waals surface area (Å²) >= 11 is 0. The molecule has 3 rings (SSSR count). The van der Waals surface area contributed by atoms with Crippen molar-refractivity contribution in [3.05, 3.63) is 54.1 Å². The minimum absolute atomic E-state index is 0.0542. The lowest BCUT2D eigenvalue weighted by molar-refractivity contribution is -0.139. The molecule has 0 fully saturated rings. The number of benzene rings is 2. The second-order valence-electron chi connectivity index (χ2n) is 6.34. The molecule has 0 bridgehead atoms. The first-order valence-electron chi connectivity index (χ1n) is 8.64. The molecule has 0 radical (unpaired) electrons. The van der Waals surface area contributed by atoms with Crippen LogP contribution in [0.4, 0.5) is 11.4 Å². The Morgan fingerprint density at radius 1 is 1.15 bits per heavy atom. The molecular weight excluding hydrogens is 348 g/mol. The van der Waals surface area contributed by atoms with Crippen molar-refractivity contribution in [3.8, 4) is 5.75 Å². The molecule has 27 heavy (non-hydrogen) atoms. The summed E-state index contributed by atoms with van der Waals surface area (Å²) in [4.78, 5) is 34.8. The Balaban J connectivity index is 1.48. The highest BCUT2D eigenvalue weighted by Crippen LogP contribution is 2.27. The fourth-order valence-electron chi connectivity index (χ4n) is 2.95. The zero-order chi connectivity index (χ0) is 19.2. The molecule has 1 heterocycles. The van der Waals surface area contributed by atoms with E-state index in [0.29, 0.717) is 24.3 Å². The number of ether oxygens (including phenoxy) is 1. The van der Waals surface area contributed by atoms with Crippen LogP contribution < -0.4 is 15.4 Å². The SMILES string of the molecule is O=C(O)COc1ccc(NC(=O)CCC2Cc3ccccc3NC2=O)cc1. The maximum Gasteiger partial charge on any atom is 0.341 e. The molecule has 0 aliphatic carbocycles. The van der Waals surface area contributed by atoms with E-state index in [9.17, 15) is 14.4 Å². The maximum absolute atomic E-state index is 12.2. The van der Waals surface area contributed by atoms with E-state index in [0.717, 1.165) is 11.3 Å². The molecule has 0 saturated heterocycles. The number of carbonyl (C=O) groups is 3. The number of carbonyl (C=O) groups excluding carboxylic acids is 2. The second-order valence-corrected chi connectivity index (χ2v) is 6.34. The van der Waals surface area contributed by atoms with Crippen LogP contribution in [0.3, 0.4) is 0 Å². The van der Waals surface area contributed by atoms with Gasteiger partial charge in [-0.15, -0.1) is 0 Å². The van der Waals surface area contributed by atoms with Crippen molar-refractivity contribution in [3.63, 3.8) is 0 Å². The van der Waals surface area contributed by atoms with Crippen LogP contribution in [0.2, 0.25) is 0 Å². The van der Waals surface area contributed by atoms with Crippen LogP contribution in [0.25, 0.3) is 0 Å². The molecule has 0 aromatic heterocycles. The van der Waals surface area contributed by atoms with Crippen LogP contribution in [0.1, 0.15) is 18.4 Å². The summed E-state index contributed by atoms with van der Waals surface area (Å²) in [6.07, 6.45) is 1.33. The van der Waals surface area contributed by atoms with Gasteiger partial charge < -0.3 is 20.5 Å². The zero-order valence-corrected chi connectivity index (χ0v) is 14.6. The van der Waals surface area contributed by atoms with E-state index in [1.807, 2.05) is 24.3 Å². The van der Waals surface area contributed by atoms with Crippen LogP contribution in [0.5, 0.6) is 5.75 Å². The first-order valence-corrected chi connectivity index (χ1v) is 8.64. The number of hydrogen-bond acceptors (Lipinski definition) is 4. The van der Waals surface area contributed by atoms with Crippen LogP contribution in [-0.2, 0) is 20.8 Å². The Bertz CT molecular complexity index is 848. The standard InChI is InChI=1S/C20H20N2O5/c23-18(21-15-6-8-16(9-7-15)27-12-19(24)25)10-5-14-11-13-3-1-2-4-17(13)22-20(14)26/h1-4,6-9,14H,5,10-12H2,(H,21,23)(H,22,26)(H,24,25). The van der Waals surface area contributed by atoms with Crippen molar-refractivity contribution >= 4 is 29.2 Å². The highest BCUT2D eigenvalue weighted by molar-refractivity contribution is 5.96. The summed E-state index contributed by atoms with van der Waals surface area (Å²) in [7, 11) is 0. The summed E-state index contributed by atoms with van der Waals surface area (Å²) in [6, 6.07) is 14.1. The van der Waals surface area contributed by atoms with Gasteiger partial charge in [0.2, 0.25) is 11.8 Å². The van der Waals surface area contributed by atoms with Gasteiger partial charge in [0.25, 0.3) is 0 Å². The van der Waals surface area contributed by atoms with Crippen LogP contribution in [0, 0.1) is 5.92 Å². The molecule has 1 aliphatic heterocycles. The number of rotatable bonds is 7. The lowest BCUT2D eigenvalue weighted by Crippen LogP contribution is -2.30. The topological polar surface area (TPSA) is 105 Å². The second kappa shape index (κ2) is 8.35. The van der Waals surface area contributed by atoms with Crippen LogP contribution >= 0.6 is 0 Å². The van der Waals surface area contributed by atoms with E-state index in [4.69, 9.17) is 9.84 Å². The summed E-state index contributed by atoms with van der Waals surface area (Å²) in [5.41, 5.74) is 2.51. The molecule has 7 heteroatoms. The average molecular weight is 368 g/mol. The van der Waals surface area contributed by atoms with Gasteiger partial charge in [0.05, 0.1) is 0 Å². The average Bonchev–Trinajstić information content (AvgIpc) is 2.65. The molecule has 1 unspecified atom stereocenters. The van der Waals surface area contributed by atoms with Gasteiger partial charge in [0, 0.05) is 23.7 Å². The molecule has 3 N–H and O–H groups in total. The smallest absolute Gasteiger partial charge is 0.341 e. The van der Waals surface area contributed by atoms with Gasteiger partial charge in [-0.2, -0.15) is 0 Å². The quantitative estimate of drug-likeness (QED) is 0.697. The highest BCUT2D eigenvalue weighted by atomic mass is 16.5. The predicted octanol–water partition coefficient (Wildman–Crippen LogP) is 2.68. The van der Waals surface area contributed by atoms with Crippen molar-refractivity contribution in [2.45, 2.75) is 19.3 Å². The predicted molar refractivity (Wildman–Crippen MR) is 99.7 cm³/mol. The number of carboxylic acid groups (broad SMARTS) is 1. The minimum atomic E-state index is -1.05. The number of amides is 2. The van der Waals surface area contributed by atoms with E-state index in [1.165, 1.54) is 0 Å². The van der Waals surface area contributed by atoms with Gasteiger partial charge in [0.15, 0.2) is 6.61 Å². The summed E-state index contributed by atoms with van der Waals surface area (Å²) in [5, 5.41) is 14.2. The number of nitrogens with one attached hydrogen (secondary N) is 2. The molecule has 0 spiro atoms. The largest absolute Gasteiger partial charge is 0.482 e. The Morgan fingerprint density at radius 3 is 2.63 bits per heavy atom. The lowest BCUT2D eigenvalue weighted by atomic mass is 9.89. The molecule has 140 valence electrons. The van der Waals surface area contributed by atoms with E-state index in [2.05, 4.69) is 10.6 Å². The summed E-state index contributed by atoms with van der Waals surface area (Å²) < 4.78 is 5.04. The van der Waals surface area contributed by atoms with Crippen molar-refractivity contribution in [1.82, 2.24) is 0 Å². The van der Waals surface area contributed by atoms with E-state index in [-0.39, 0.29) is 24.2 Å². The van der Waals surface area contributed by atoms with Gasteiger partial charge in [-0.3, -0.25) is 9.59 Å². The number of fused-ring (bicyclic) bond motifs is 1. The first-order chi connectivity index (χ1) is 13.0. The number of hydrogen-bond donors (Lipinski definition) is 3. The number of anilines is 2. The molecule has 7 nitrogen and oxygen atoms in total. The van der Waals surface area contributed by atoms with Crippen molar-refractivity contribution in [1.29, 1.82) is 0 Å². The zero-order valence-electron chi connectivity index (χ0n) is 14.6. The third-order valence-corrected chi connectivity index (χ3v) is 4.33. The molecule has 1 aliphatic rings. The Morgan fingerprint density at radius 2 is 1.89 bits per heavy atom. The molecule has 1 atom stereocenters. The Kier molecular flexibility index (Phi) is 5.71. The van der Waals surface area contributed by atoms with Crippen LogP contribution in [0.15, 0.2) is 48.5 Å². The molecular formula is C20H20N2O5. The molecule has 2 amide bonds. The van der Waals surface area contributed by atoms with Gasteiger partial charge in [-0.25, -0.2) is 4.79 Å². The number of carboxylic acids is 1. The van der Waals surface area contributed by atoms with Gasteiger partial charge in [-0.05, 0) is 48.7 Å².